The smallest absolute Gasteiger partial charge is 0.341 e. The molecule has 1 aromatic carbocycles. The lowest BCUT2D eigenvalue weighted by atomic mass is 10.1. The van der Waals surface area contributed by atoms with Gasteiger partial charge in [0.2, 0.25) is 0 Å². The molecule has 2 aromatic heterocycles. The summed E-state index contributed by atoms with van der Waals surface area (Å²) in [5.41, 5.74) is 2.84. The van der Waals surface area contributed by atoms with Gasteiger partial charge in [-0.25, -0.2) is 4.79 Å². The minimum absolute atomic E-state index is 0.341. The second-order valence-electron chi connectivity index (χ2n) is 4.33. The zero-order valence-corrected chi connectivity index (χ0v) is 10.3. The largest absolute Gasteiger partial charge is 0.482 e. The lowest BCUT2D eigenvalue weighted by molar-refractivity contribution is -0.139. The van der Waals surface area contributed by atoms with Gasteiger partial charge in [0, 0.05) is 23.0 Å². The normalized spacial score (nSPS) is 11.0. The summed E-state index contributed by atoms with van der Waals surface area (Å²) in [6.07, 6.45) is 1.78. The Morgan fingerprint density at radius 1 is 1.37 bits per heavy atom. The summed E-state index contributed by atoms with van der Waals surface area (Å²) in [6, 6.07) is 7.45. The van der Waals surface area contributed by atoms with Crippen LogP contribution in [0.5, 0.6) is 5.75 Å². The molecule has 3 rings (SSSR count). The number of nitrogens with zero attached hydrogens (tertiary/aromatic N) is 1. The monoisotopic (exact) mass is 256 g/mol. The summed E-state index contributed by atoms with van der Waals surface area (Å²) in [5, 5.41) is 10.8. The Kier molecular flexibility index (Phi) is 2.59. The van der Waals surface area contributed by atoms with Crippen molar-refractivity contribution in [1.82, 2.24) is 9.97 Å². The van der Waals surface area contributed by atoms with Crippen LogP contribution in [0.25, 0.3) is 21.8 Å². The van der Waals surface area contributed by atoms with Crippen molar-refractivity contribution in [2.45, 2.75) is 6.92 Å². The number of rotatable bonds is 3. The number of carboxylic acids is 1. The van der Waals surface area contributed by atoms with E-state index in [-0.39, 0.29) is 6.61 Å². The third-order valence-electron chi connectivity index (χ3n) is 3.04. The number of aliphatic carboxylic acids is 1. The summed E-state index contributed by atoms with van der Waals surface area (Å²) < 4.78 is 5.17. The minimum atomic E-state index is -0.989. The molecule has 0 aliphatic rings. The number of hydrogen-bond acceptors (Lipinski definition) is 3. The maximum absolute atomic E-state index is 10.5. The first-order chi connectivity index (χ1) is 9.15. The number of pyridine rings is 1. The summed E-state index contributed by atoms with van der Waals surface area (Å²) in [5.74, 6) is -0.455. The standard InChI is InChI=1S/C14H12N2O3/c1-8-14-11(4-5-15-8)10-3-2-9(6-12(10)16-14)19-7-13(17)18/h2-6,16H,7H2,1H3,(H,17,18). The number of aromatic nitrogens is 2. The number of hydrogen-bond donors (Lipinski definition) is 2. The van der Waals surface area contributed by atoms with Crippen LogP contribution in [0.2, 0.25) is 0 Å². The fraction of sp³-hybridized carbons (Fsp3) is 0.143. The molecule has 0 aliphatic carbocycles. The van der Waals surface area contributed by atoms with E-state index in [1.807, 2.05) is 19.1 Å². The molecule has 0 bridgehead atoms. The molecule has 0 fully saturated rings. The van der Waals surface area contributed by atoms with Crippen LogP contribution in [-0.4, -0.2) is 27.7 Å². The van der Waals surface area contributed by atoms with Gasteiger partial charge < -0.3 is 14.8 Å². The molecule has 0 saturated carbocycles. The summed E-state index contributed by atoms with van der Waals surface area (Å²) in [6.45, 7) is 1.60. The van der Waals surface area contributed by atoms with E-state index in [2.05, 4.69) is 9.97 Å². The topological polar surface area (TPSA) is 75.2 Å². The van der Waals surface area contributed by atoms with Crippen molar-refractivity contribution in [3.8, 4) is 5.75 Å². The maximum atomic E-state index is 10.5. The highest BCUT2D eigenvalue weighted by molar-refractivity contribution is 6.08. The Morgan fingerprint density at radius 3 is 3.00 bits per heavy atom. The molecule has 0 saturated heterocycles. The van der Waals surface area contributed by atoms with E-state index in [1.165, 1.54) is 0 Å². The number of benzene rings is 1. The zero-order chi connectivity index (χ0) is 13.4. The maximum Gasteiger partial charge on any atom is 0.341 e. The van der Waals surface area contributed by atoms with Crippen molar-refractivity contribution in [3.05, 3.63) is 36.2 Å². The number of H-pyrrole nitrogens is 1. The Hall–Kier alpha value is -2.56. The highest BCUT2D eigenvalue weighted by atomic mass is 16.5. The molecule has 3 aromatic rings. The first kappa shape index (κ1) is 11.5. The van der Waals surface area contributed by atoms with Crippen molar-refractivity contribution >= 4 is 27.8 Å². The van der Waals surface area contributed by atoms with Crippen molar-refractivity contribution in [1.29, 1.82) is 0 Å². The Bertz CT molecular complexity index is 777. The molecule has 0 radical (unpaired) electrons. The number of ether oxygens (including phenoxy) is 1. The first-order valence-electron chi connectivity index (χ1n) is 5.87. The third kappa shape index (κ3) is 1.99. The van der Waals surface area contributed by atoms with Gasteiger partial charge in [0.15, 0.2) is 6.61 Å². The van der Waals surface area contributed by atoms with Crippen molar-refractivity contribution in [2.24, 2.45) is 0 Å². The van der Waals surface area contributed by atoms with Crippen LogP contribution < -0.4 is 4.74 Å². The Morgan fingerprint density at radius 2 is 2.21 bits per heavy atom. The number of nitrogens with one attached hydrogen (secondary N) is 1. The Labute approximate surface area is 108 Å². The Balaban J connectivity index is 2.11. The average molecular weight is 256 g/mol. The molecule has 5 nitrogen and oxygen atoms in total. The van der Waals surface area contributed by atoms with Crippen LogP contribution in [0.15, 0.2) is 30.5 Å². The van der Waals surface area contributed by atoms with E-state index in [4.69, 9.17) is 9.84 Å². The SMILES string of the molecule is Cc1nccc2c1[nH]c1cc(OCC(=O)O)ccc12. The van der Waals surface area contributed by atoms with Crippen LogP contribution in [-0.2, 0) is 4.79 Å². The quantitative estimate of drug-likeness (QED) is 0.755. The summed E-state index contributed by atoms with van der Waals surface area (Å²) in [7, 11) is 0. The van der Waals surface area contributed by atoms with Gasteiger partial charge in [0.25, 0.3) is 0 Å². The van der Waals surface area contributed by atoms with Gasteiger partial charge in [-0.2, -0.15) is 0 Å². The van der Waals surface area contributed by atoms with Gasteiger partial charge >= 0.3 is 5.97 Å². The predicted molar refractivity (Wildman–Crippen MR) is 71.5 cm³/mol. The van der Waals surface area contributed by atoms with E-state index in [1.54, 1.807) is 18.3 Å². The molecule has 5 heteroatoms. The van der Waals surface area contributed by atoms with Crippen LogP contribution in [0.4, 0.5) is 0 Å². The van der Waals surface area contributed by atoms with Crippen molar-refractivity contribution in [3.63, 3.8) is 0 Å². The van der Waals surface area contributed by atoms with Crippen molar-refractivity contribution in [2.75, 3.05) is 6.61 Å². The summed E-state index contributed by atoms with van der Waals surface area (Å²) in [4.78, 5) is 18.0. The van der Waals surface area contributed by atoms with Gasteiger partial charge in [-0.15, -0.1) is 0 Å². The summed E-state index contributed by atoms with van der Waals surface area (Å²) >= 11 is 0. The molecule has 19 heavy (non-hydrogen) atoms. The van der Waals surface area contributed by atoms with E-state index in [0.717, 1.165) is 27.5 Å². The molecule has 2 heterocycles. The van der Waals surface area contributed by atoms with Gasteiger partial charge in [-0.05, 0) is 25.1 Å². The first-order valence-corrected chi connectivity index (χ1v) is 5.87. The lowest BCUT2D eigenvalue weighted by Crippen LogP contribution is -2.09. The van der Waals surface area contributed by atoms with E-state index < -0.39 is 5.97 Å². The van der Waals surface area contributed by atoms with Crippen LogP contribution >= 0.6 is 0 Å². The van der Waals surface area contributed by atoms with Gasteiger partial charge in [-0.3, -0.25) is 4.98 Å². The van der Waals surface area contributed by atoms with Gasteiger partial charge in [-0.1, -0.05) is 0 Å². The van der Waals surface area contributed by atoms with Crippen LogP contribution in [0, 0.1) is 6.92 Å². The van der Waals surface area contributed by atoms with Crippen molar-refractivity contribution < 1.29 is 14.6 Å². The number of aromatic amines is 1. The van der Waals surface area contributed by atoms with E-state index >= 15 is 0 Å². The molecule has 0 unspecified atom stereocenters. The minimum Gasteiger partial charge on any atom is -0.482 e. The van der Waals surface area contributed by atoms with Crippen LogP contribution in [0.1, 0.15) is 5.69 Å². The molecular formula is C14H12N2O3. The zero-order valence-electron chi connectivity index (χ0n) is 10.3. The second kappa shape index (κ2) is 4.28. The number of aryl methyl sites for hydroxylation is 1. The number of fused-ring (bicyclic) bond motifs is 3. The van der Waals surface area contributed by atoms with E-state index in [0.29, 0.717) is 5.75 Å². The molecular weight excluding hydrogens is 244 g/mol. The average Bonchev–Trinajstić information content (AvgIpc) is 2.76. The fourth-order valence-corrected chi connectivity index (χ4v) is 2.18. The predicted octanol–water partition coefficient (Wildman–Crippen LogP) is 2.49. The highest BCUT2D eigenvalue weighted by Crippen LogP contribution is 2.29. The molecule has 0 spiro atoms. The van der Waals surface area contributed by atoms with E-state index in [9.17, 15) is 4.79 Å². The molecule has 2 N–H and O–H groups in total. The molecule has 0 atom stereocenters. The molecule has 96 valence electrons. The number of carboxylic acid groups (broad SMARTS) is 1. The molecule has 0 amide bonds. The second-order valence-corrected chi connectivity index (χ2v) is 4.33. The lowest BCUT2D eigenvalue weighted by Gasteiger charge is -2.02. The van der Waals surface area contributed by atoms with Crippen LogP contribution in [0.3, 0.4) is 0 Å². The fourth-order valence-electron chi connectivity index (χ4n) is 2.18. The number of carbonyl (C=O) groups is 1. The highest BCUT2D eigenvalue weighted by Gasteiger charge is 2.08. The van der Waals surface area contributed by atoms with Gasteiger partial charge in [0.05, 0.1) is 16.7 Å². The van der Waals surface area contributed by atoms with Gasteiger partial charge in [0.1, 0.15) is 5.75 Å². The molecule has 0 aliphatic heterocycles. The third-order valence-corrected chi connectivity index (χ3v) is 3.04.